The Kier molecular flexibility index (Phi) is 8.12. The van der Waals surface area contributed by atoms with Crippen LogP contribution in [0.4, 0.5) is 10.5 Å². The summed E-state index contributed by atoms with van der Waals surface area (Å²) in [5.74, 6) is -0.868. The maximum atomic E-state index is 12.2. The van der Waals surface area contributed by atoms with Crippen molar-refractivity contribution >= 4 is 29.4 Å². The quantitative estimate of drug-likeness (QED) is 0.657. The molecule has 6 heteroatoms. The lowest BCUT2D eigenvalue weighted by Crippen LogP contribution is -2.28. The van der Waals surface area contributed by atoms with Gasteiger partial charge in [-0.2, -0.15) is 0 Å². The Labute approximate surface area is 147 Å². The number of hydrogen-bond donors (Lipinski definition) is 3. The maximum Gasteiger partial charge on any atom is 0.324 e. The van der Waals surface area contributed by atoms with Gasteiger partial charge in [0.25, 0.3) is 0 Å². The molecule has 5 nitrogen and oxygen atoms in total. The summed E-state index contributed by atoms with van der Waals surface area (Å²) in [4.78, 5) is 22.9. The minimum atomic E-state index is -0.868. The van der Waals surface area contributed by atoms with E-state index in [0.29, 0.717) is 5.03 Å². The monoisotopic (exact) mass is 348 g/mol. The molecule has 0 aliphatic rings. The fraction of sp³-hybridized carbons (Fsp3) is 0.333. The third-order valence-electron chi connectivity index (χ3n) is 3.35. The van der Waals surface area contributed by atoms with Gasteiger partial charge in [-0.15, -0.1) is 0 Å². The minimum absolute atomic E-state index is 0.0130. The molecule has 0 unspecified atom stereocenters. The zero-order valence-corrected chi connectivity index (χ0v) is 15.3. The van der Waals surface area contributed by atoms with Crippen molar-refractivity contribution in [2.45, 2.75) is 40.5 Å². The number of carbonyl (C=O) groups excluding carboxylic acids is 1. The Morgan fingerprint density at radius 1 is 1.25 bits per heavy atom. The third kappa shape index (κ3) is 6.91. The Morgan fingerprint density at radius 2 is 1.92 bits per heavy atom. The maximum absolute atomic E-state index is 12.2. The van der Waals surface area contributed by atoms with Crippen molar-refractivity contribution in [1.29, 1.82) is 0 Å². The molecule has 0 spiro atoms. The fourth-order valence-corrected chi connectivity index (χ4v) is 2.71. The van der Waals surface area contributed by atoms with Gasteiger partial charge in [0.05, 0.1) is 11.4 Å². The average molecular weight is 348 g/mol. The zero-order chi connectivity index (χ0) is 18.1. The highest BCUT2D eigenvalue weighted by Gasteiger charge is 2.09. The van der Waals surface area contributed by atoms with Crippen LogP contribution in [0, 0.1) is 6.92 Å². The van der Waals surface area contributed by atoms with Gasteiger partial charge in [0.1, 0.15) is 0 Å². The molecule has 1 aromatic rings. The smallest absolute Gasteiger partial charge is 0.324 e. The van der Waals surface area contributed by atoms with Crippen molar-refractivity contribution < 1.29 is 14.7 Å². The van der Waals surface area contributed by atoms with Gasteiger partial charge in [-0.1, -0.05) is 42.5 Å². The Morgan fingerprint density at radius 3 is 2.50 bits per heavy atom. The second-order valence-electron chi connectivity index (χ2n) is 5.51. The minimum Gasteiger partial charge on any atom is -0.481 e. The number of nitrogens with one attached hydrogen (secondary N) is 2. The molecule has 130 valence electrons. The summed E-state index contributed by atoms with van der Waals surface area (Å²) < 4.78 is 0. The first kappa shape index (κ1) is 19.8. The van der Waals surface area contributed by atoms with Crippen LogP contribution in [0.3, 0.4) is 0 Å². The first-order valence-electron chi connectivity index (χ1n) is 7.71. The molecule has 0 aliphatic carbocycles. The highest BCUT2D eigenvalue weighted by atomic mass is 32.2. The van der Waals surface area contributed by atoms with Gasteiger partial charge in [-0.3, -0.25) is 4.79 Å². The third-order valence-corrected chi connectivity index (χ3v) is 4.55. The van der Waals surface area contributed by atoms with Crippen LogP contribution >= 0.6 is 11.8 Å². The van der Waals surface area contributed by atoms with E-state index in [9.17, 15) is 9.59 Å². The van der Waals surface area contributed by atoms with E-state index in [1.807, 2.05) is 45.0 Å². The van der Waals surface area contributed by atoms with E-state index in [4.69, 9.17) is 5.11 Å². The van der Waals surface area contributed by atoms with Crippen LogP contribution in [0.1, 0.15) is 39.2 Å². The van der Waals surface area contributed by atoms with Crippen LogP contribution in [0.5, 0.6) is 0 Å². The Balaban J connectivity index is 2.78. The summed E-state index contributed by atoms with van der Waals surface area (Å²) in [5, 5.41) is 17.0. The van der Waals surface area contributed by atoms with Crippen molar-refractivity contribution in [3.8, 4) is 0 Å². The van der Waals surface area contributed by atoms with Crippen molar-refractivity contribution in [3.05, 3.63) is 51.4 Å². The van der Waals surface area contributed by atoms with E-state index in [2.05, 4.69) is 10.6 Å². The van der Waals surface area contributed by atoms with E-state index >= 15 is 0 Å². The predicted molar refractivity (Wildman–Crippen MR) is 99.9 cm³/mol. The number of rotatable bonds is 7. The number of hydrogen-bond acceptors (Lipinski definition) is 3. The van der Waals surface area contributed by atoms with E-state index in [1.54, 1.807) is 12.3 Å². The lowest BCUT2D eigenvalue weighted by Gasteiger charge is -2.13. The van der Waals surface area contributed by atoms with Crippen molar-refractivity contribution in [1.82, 2.24) is 5.32 Å². The molecule has 0 atom stereocenters. The molecule has 1 aromatic carbocycles. The first-order valence-corrected chi connectivity index (χ1v) is 8.59. The molecule has 0 heterocycles. The molecule has 0 saturated heterocycles. The first-order chi connectivity index (χ1) is 11.3. The average Bonchev–Trinajstić information content (AvgIpc) is 2.52. The highest BCUT2D eigenvalue weighted by molar-refractivity contribution is 8.05. The van der Waals surface area contributed by atoms with Crippen LogP contribution in [0.25, 0.3) is 0 Å². The topological polar surface area (TPSA) is 78.4 Å². The number of carbonyl (C=O) groups is 2. The second kappa shape index (κ2) is 9.82. The highest BCUT2D eigenvalue weighted by Crippen LogP contribution is 2.23. The molecule has 0 radical (unpaired) electrons. The van der Waals surface area contributed by atoms with E-state index < -0.39 is 5.97 Å². The van der Waals surface area contributed by atoms with Gasteiger partial charge < -0.3 is 15.7 Å². The molecule has 3 N–H and O–H groups in total. The lowest BCUT2D eigenvalue weighted by atomic mass is 10.2. The number of amides is 2. The van der Waals surface area contributed by atoms with Gasteiger partial charge in [0.2, 0.25) is 0 Å². The molecule has 1 rings (SSSR count). The number of para-hydroxylation sites is 1. The number of carboxylic acids is 1. The van der Waals surface area contributed by atoms with Crippen molar-refractivity contribution in [2.75, 3.05) is 5.32 Å². The molecule has 0 aromatic heterocycles. The van der Waals surface area contributed by atoms with Gasteiger partial charge in [0, 0.05) is 5.69 Å². The number of carboxylic acid groups (broad SMARTS) is 1. The number of anilines is 1. The number of allylic oxidation sites excluding steroid dienone is 1. The standard InChI is InChI=1S/C18H24N2O3S/c1-5-13(3)17(24-11-12(2)10-16(21)22)20-18(23)19-15-9-7-6-8-14(15)4/h6-9,11H,5,10H2,1-4H3,(H,21,22)(H2,19,20,23)/b12-11+,17-13+. The summed E-state index contributed by atoms with van der Waals surface area (Å²) in [6, 6.07) is 7.23. The molecular formula is C18H24N2O3S. The predicted octanol–water partition coefficient (Wildman–Crippen LogP) is 4.87. The van der Waals surface area contributed by atoms with E-state index in [-0.39, 0.29) is 12.5 Å². The summed E-state index contributed by atoms with van der Waals surface area (Å²) in [6.45, 7) is 7.63. The van der Waals surface area contributed by atoms with Gasteiger partial charge >= 0.3 is 12.0 Å². The molecule has 2 amide bonds. The zero-order valence-electron chi connectivity index (χ0n) is 14.5. The summed E-state index contributed by atoms with van der Waals surface area (Å²) in [6.07, 6.45) is 0.777. The molecule has 0 bridgehead atoms. The number of aliphatic carboxylic acids is 1. The molecule has 0 fully saturated rings. The molecule has 0 saturated carbocycles. The van der Waals surface area contributed by atoms with E-state index in [0.717, 1.165) is 28.8 Å². The SMILES string of the molecule is CC/C(C)=C(\NC(=O)Nc1ccccc1C)S/C=C(\C)CC(=O)O. The Hall–Kier alpha value is -2.21. The molecule has 24 heavy (non-hydrogen) atoms. The van der Waals surface area contributed by atoms with Crippen molar-refractivity contribution in [2.24, 2.45) is 0 Å². The number of aryl methyl sites for hydroxylation is 1. The largest absolute Gasteiger partial charge is 0.481 e. The molecular weight excluding hydrogens is 324 g/mol. The van der Waals surface area contributed by atoms with Crippen LogP contribution in [0.2, 0.25) is 0 Å². The van der Waals surface area contributed by atoms with Gasteiger partial charge in [-0.25, -0.2) is 4.79 Å². The summed E-state index contributed by atoms with van der Waals surface area (Å²) in [5.41, 5.74) is 3.50. The fourth-order valence-electron chi connectivity index (χ4n) is 1.81. The summed E-state index contributed by atoms with van der Waals surface area (Å²) >= 11 is 1.33. The molecule has 0 aliphatic heterocycles. The number of thioether (sulfide) groups is 1. The van der Waals surface area contributed by atoms with Crippen LogP contribution in [-0.4, -0.2) is 17.1 Å². The van der Waals surface area contributed by atoms with Crippen LogP contribution < -0.4 is 10.6 Å². The number of urea groups is 1. The van der Waals surface area contributed by atoms with Gasteiger partial charge in [-0.05, 0) is 49.8 Å². The van der Waals surface area contributed by atoms with Gasteiger partial charge in [0.15, 0.2) is 0 Å². The van der Waals surface area contributed by atoms with Crippen LogP contribution in [0.15, 0.2) is 45.8 Å². The Bertz CT molecular complexity index is 666. The lowest BCUT2D eigenvalue weighted by molar-refractivity contribution is -0.136. The van der Waals surface area contributed by atoms with Crippen molar-refractivity contribution in [3.63, 3.8) is 0 Å². The normalized spacial score (nSPS) is 12.4. The summed E-state index contributed by atoms with van der Waals surface area (Å²) in [7, 11) is 0. The number of benzene rings is 1. The second-order valence-corrected chi connectivity index (χ2v) is 6.39. The van der Waals surface area contributed by atoms with E-state index in [1.165, 1.54) is 11.8 Å². The van der Waals surface area contributed by atoms with Crippen LogP contribution in [-0.2, 0) is 4.79 Å².